The molecule has 1 saturated heterocycles. The van der Waals surface area contributed by atoms with E-state index in [2.05, 4.69) is 4.90 Å². The zero-order valence-corrected chi connectivity index (χ0v) is 18.9. The first-order chi connectivity index (χ1) is 15.0. The lowest BCUT2D eigenvalue weighted by Crippen LogP contribution is -2.42. The SMILES string of the molecule is COc1cc(C=C2C(=O)N(CN3CCCCC3)c3cc(Cl)ccc32)cc(OC)c1OC. The van der Waals surface area contributed by atoms with Crippen molar-refractivity contribution in [3.8, 4) is 17.2 Å². The number of methoxy groups -OCH3 is 3. The van der Waals surface area contributed by atoms with Gasteiger partial charge in [0.15, 0.2) is 11.5 Å². The van der Waals surface area contributed by atoms with Crippen LogP contribution in [0, 0.1) is 0 Å². The summed E-state index contributed by atoms with van der Waals surface area (Å²) in [6.07, 6.45) is 5.45. The van der Waals surface area contributed by atoms with Crippen LogP contribution in [0.15, 0.2) is 30.3 Å². The third kappa shape index (κ3) is 4.23. The molecule has 1 fully saturated rings. The normalized spacial score (nSPS) is 17.7. The van der Waals surface area contributed by atoms with E-state index >= 15 is 0 Å². The number of fused-ring (bicyclic) bond motifs is 1. The average Bonchev–Trinajstić information content (AvgIpc) is 3.04. The summed E-state index contributed by atoms with van der Waals surface area (Å²) in [5.41, 5.74) is 3.14. The summed E-state index contributed by atoms with van der Waals surface area (Å²) in [6.45, 7) is 2.58. The molecule has 0 spiro atoms. The number of carbonyl (C=O) groups excluding carboxylic acids is 1. The third-order valence-electron chi connectivity index (χ3n) is 5.80. The second-order valence-electron chi connectivity index (χ2n) is 7.73. The predicted octanol–water partition coefficient (Wildman–Crippen LogP) is 4.70. The zero-order chi connectivity index (χ0) is 22.0. The van der Waals surface area contributed by atoms with Crippen molar-refractivity contribution in [2.24, 2.45) is 0 Å². The number of nitrogens with zero attached hydrogens (tertiary/aromatic N) is 2. The van der Waals surface area contributed by atoms with Gasteiger partial charge in [0.2, 0.25) is 5.75 Å². The average molecular weight is 443 g/mol. The highest BCUT2D eigenvalue weighted by Gasteiger charge is 2.34. The molecule has 164 valence electrons. The van der Waals surface area contributed by atoms with Gasteiger partial charge in [-0.3, -0.25) is 14.6 Å². The van der Waals surface area contributed by atoms with E-state index in [1.807, 2.05) is 41.3 Å². The molecule has 2 aliphatic rings. The molecule has 6 nitrogen and oxygen atoms in total. The van der Waals surface area contributed by atoms with E-state index in [-0.39, 0.29) is 5.91 Å². The van der Waals surface area contributed by atoms with Crippen LogP contribution in [0.4, 0.5) is 5.69 Å². The number of halogens is 1. The van der Waals surface area contributed by atoms with Crippen molar-refractivity contribution in [2.45, 2.75) is 19.3 Å². The lowest BCUT2D eigenvalue weighted by Gasteiger charge is -2.30. The van der Waals surface area contributed by atoms with Gasteiger partial charge in [0.05, 0.1) is 33.7 Å². The van der Waals surface area contributed by atoms with E-state index < -0.39 is 0 Å². The van der Waals surface area contributed by atoms with Crippen LogP contribution in [0.25, 0.3) is 11.6 Å². The molecular formula is C24H27ClN2O4. The van der Waals surface area contributed by atoms with Crippen molar-refractivity contribution in [1.82, 2.24) is 4.90 Å². The number of amides is 1. The lowest BCUT2D eigenvalue weighted by molar-refractivity contribution is -0.113. The maximum Gasteiger partial charge on any atom is 0.260 e. The number of rotatable bonds is 6. The maximum absolute atomic E-state index is 13.5. The van der Waals surface area contributed by atoms with Gasteiger partial charge in [0.1, 0.15) is 0 Å². The summed E-state index contributed by atoms with van der Waals surface area (Å²) in [5, 5.41) is 0.615. The highest BCUT2D eigenvalue weighted by molar-refractivity contribution is 6.37. The van der Waals surface area contributed by atoms with Gasteiger partial charge in [-0.25, -0.2) is 0 Å². The van der Waals surface area contributed by atoms with E-state index in [9.17, 15) is 4.79 Å². The molecule has 0 aromatic heterocycles. The first kappa shape index (κ1) is 21.5. The Balaban J connectivity index is 1.75. The zero-order valence-electron chi connectivity index (χ0n) is 18.1. The predicted molar refractivity (Wildman–Crippen MR) is 123 cm³/mol. The molecular weight excluding hydrogens is 416 g/mol. The van der Waals surface area contributed by atoms with Gasteiger partial charge < -0.3 is 14.2 Å². The van der Waals surface area contributed by atoms with Crippen LogP contribution in [0.2, 0.25) is 5.02 Å². The molecule has 0 radical (unpaired) electrons. The van der Waals surface area contributed by atoms with Crippen molar-refractivity contribution in [3.63, 3.8) is 0 Å². The smallest absolute Gasteiger partial charge is 0.260 e. The molecule has 2 heterocycles. The molecule has 0 unspecified atom stereocenters. The van der Waals surface area contributed by atoms with E-state index in [1.165, 1.54) is 19.3 Å². The minimum Gasteiger partial charge on any atom is -0.493 e. The lowest BCUT2D eigenvalue weighted by atomic mass is 10.0. The number of anilines is 1. The second-order valence-corrected chi connectivity index (χ2v) is 8.17. The summed E-state index contributed by atoms with van der Waals surface area (Å²) in [5.74, 6) is 1.57. The van der Waals surface area contributed by atoms with Crippen LogP contribution in [-0.4, -0.2) is 51.9 Å². The van der Waals surface area contributed by atoms with Crippen molar-refractivity contribution in [3.05, 3.63) is 46.5 Å². The standard InChI is InChI=1S/C24H27ClN2O4/c1-29-21-12-16(13-22(30-2)23(21)31-3)11-19-18-8-7-17(25)14-20(18)27(24(19)28)15-26-9-5-4-6-10-26/h7-8,11-14H,4-6,9-10,15H2,1-3H3. The summed E-state index contributed by atoms with van der Waals surface area (Å²) >= 11 is 6.28. The summed E-state index contributed by atoms with van der Waals surface area (Å²) in [6, 6.07) is 9.28. The van der Waals surface area contributed by atoms with Gasteiger partial charge in [0.25, 0.3) is 5.91 Å². The number of piperidine rings is 1. The molecule has 1 amide bonds. The van der Waals surface area contributed by atoms with Gasteiger partial charge in [-0.05, 0) is 61.8 Å². The Morgan fingerprint density at radius 2 is 1.65 bits per heavy atom. The molecule has 4 rings (SSSR count). The largest absolute Gasteiger partial charge is 0.493 e. The number of likely N-dealkylation sites (tertiary alicyclic amines) is 1. The van der Waals surface area contributed by atoms with Gasteiger partial charge in [-0.15, -0.1) is 0 Å². The molecule has 2 aliphatic heterocycles. The summed E-state index contributed by atoms with van der Waals surface area (Å²) < 4.78 is 16.3. The minimum absolute atomic E-state index is 0.0309. The van der Waals surface area contributed by atoms with Crippen LogP contribution in [0.1, 0.15) is 30.4 Å². The molecule has 0 atom stereocenters. The highest BCUT2D eigenvalue weighted by Crippen LogP contribution is 2.42. The van der Waals surface area contributed by atoms with Crippen molar-refractivity contribution < 1.29 is 19.0 Å². The van der Waals surface area contributed by atoms with Crippen LogP contribution < -0.4 is 19.1 Å². The van der Waals surface area contributed by atoms with Gasteiger partial charge >= 0.3 is 0 Å². The van der Waals surface area contributed by atoms with E-state index in [0.29, 0.717) is 34.5 Å². The number of benzene rings is 2. The van der Waals surface area contributed by atoms with Gasteiger partial charge in [0, 0.05) is 16.2 Å². The molecule has 0 N–H and O–H groups in total. The Labute approximate surface area is 187 Å². The first-order valence-corrected chi connectivity index (χ1v) is 10.8. The van der Waals surface area contributed by atoms with E-state index in [0.717, 1.165) is 29.9 Å². The monoisotopic (exact) mass is 442 g/mol. The van der Waals surface area contributed by atoms with E-state index in [4.69, 9.17) is 25.8 Å². The molecule has 2 aromatic rings. The van der Waals surface area contributed by atoms with Crippen molar-refractivity contribution >= 4 is 34.8 Å². The quantitative estimate of drug-likeness (QED) is 0.607. The summed E-state index contributed by atoms with van der Waals surface area (Å²) in [7, 11) is 4.72. The van der Waals surface area contributed by atoms with E-state index in [1.54, 1.807) is 21.3 Å². The Bertz CT molecular complexity index is 990. The van der Waals surface area contributed by atoms with Crippen molar-refractivity contribution in [1.29, 1.82) is 0 Å². The fraction of sp³-hybridized carbons (Fsp3) is 0.375. The molecule has 31 heavy (non-hydrogen) atoms. The van der Waals surface area contributed by atoms with Crippen molar-refractivity contribution in [2.75, 3.05) is 46.0 Å². The molecule has 0 aliphatic carbocycles. The number of ether oxygens (including phenoxy) is 3. The van der Waals surface area contributed by atoms with Crippen LogP contribution in [0.5, 0.6) is 17.2 Å². The Hall–Kier alpha value is -2.70. The molecule has 7 heteroatoms. The third-order valence-corrected chi connectivity index (χ3v) is 6.04. The molecule has 0 saturated carbocycles. The number of hydrogen-bond acceptors (Lipinski definition) is 5. The summed E-state index contributed by atoms with van der Waals surface area (Å²) in [4.78, 5) is 17.6. The fourth-order valence-electron chi connectivity index (χ4n) is 4.26. The first-order valence-electron chi connectivity index (χ1n) is 10.4. The maximum atomic E-state index is 13.5. The Morgan fingerprint density at radius 3 is 2.26 bits per heavy atom. The molecule has 0 bridgehead atoms. The van der Waals surface area contributed by atoms with Crippen LogP contribution in [0.3, 0.4) is 0 Å². The second kappa shape index (κ2) is 9.20. The molecule has 2 aromatic carbocycles. The Kier molecular flexibility index (Phi) is 6.39. The highest BCUT2D eigenvalue weighted by atomic mass is 35.5. The number of carbonyl (C=O) groups is 1. The topological polar surface area (TPSA) is 51.2 Å². The van der Waals surface area contributed by atoms with Gasteiger partial charge in [-0.2, -0.15) is 0 Å². The number of hydrogen-bond donors (Lipinski definition) is 0. The Morgan fingerprint density at radius 1 is 0.968 bits per heavy atom. The van der Waals surface area contributed by atoms with Gasteiger partial charge in [-0.1, -0.05) is 24.1 Å². The van der Waals surface area contributed by atoms with Crippen LogP contribution >= 0.6 is 11.6 Å². The fourth-order valence-corrected chi connectivity index (χ4v) is 4.42. The minimum atomic E-state index is -0.0309. The van der Waals surface area contributed by atoms with Crippen LogP contribution in [-0.2, 0) is 4.79 Å².